The van der Waals surface area contributed by atoms with Gasteiger partial charge in [-0.25, -0.2) is 0 Å². The lowest BCUT2D eigenvalue weighted by Crippen LogP contribution is -3.00. The summed E-state index contributed by atoms with van der Waals surface area (Å²) in [5, 5.41) is 10.2. The molecule has 3 heteroatoms. The summed E-state index contributed by atoms with van der Waals surface area (Å²) in [6.07, 6.45) is 2.02. The van der Waals surface area contributed by atoms with Crippen molar-refractivity contribution in [2.75, 3.05) is 6.61 Å². The Morgan fingerprint density at radius 2 is 1.93 bits per heavy atom. The number of aliphatic hydroxyl groups is 1. The lowest BCUT2D eigenvalue weighted by molar-refractivity contribution is -0.672. The molecule has 0 saturated carbocycles. The van der Waals surface area contributed by atoms with Gasteiger partial charge in [0.15, 0.2) is 12.7 Å². The van der Waals surface area contributed by atoms with E-state index in [4.69, 9.17) is 5.11 Å². The van der Waals surface area contributed by atoms with E-state index in [1.165, 1.54) is 16.5 Å². The molecule has 1 N–H and O–H groups in total. The lowest BCUT2D eigenvalue weighted by Gasteiger charge is -2.01. The van der Waals surface area contributed by atoms with Crippen LogP contribution in [0.2, 0.25) is 0 Å². The SMILES string of the molecule is Cc1cc[n+](CCO)c2ccccc12.[I-]. The Kier molecular flexibility index (Phi) is 4.47. The van der Waals surface area contributed by atoms with Crippen molar-refractivity contribution in [3.05, 3.63) is 42.1 Å². The van der Waals surface area contributed by atoms with Crippen LogP contribution in [0, 0.1) is 6.92 Å². The maximum Gasteiger partial charge on any atom is 0.212 e. The summed E-state index contributed by atoms with van der Waals surface area (Å²) in [4.78, 5) is 0. The van der Waals surface area contributed by atoms with Crippen LogP contribution in [0.25, 0.3) is 10.9 Å². The number of benzene rings is 1. The first-order chi connectivity index (χ1) is 6.83. The molecule has 2 nitrogen and oxygen atoms in total. The molecular formula is C12H14INO. The van der Waals surface area contributed by atoms with Crippen LogP contribution in [0.5, 0.6) is 0 Å². The summed E-state index contributed by atoms with van der Waals surface area (Å²) in [6, 6.07) is 10.3. The van der Waals surface area contributed by atoms with Gasteiger partial charge in [0.2, 0.25) is 5.52 Å². The minimum absolute atomic E-state index is 0. The van der Waals surface area contributed by atoms with Gasteiger partial charge in [0, 0.05) is 17.5 Å². The summed E-state index contributed by atoms with van der Waals surface area (Å²) in [7, 11) is 0. The number of para-hydroxylation sites is 1. The standard InChI is InChI=1S/C12H14NO.HI/c1-10-6-7-13(8-9-14)12-5-3-2-4-11(10)12;/h2-7,14H,8-9H2,1H3;1H/q+1;/p-1. The Hall–Kier alpha value is -0.680. The van der Waals surface area contributed by atoms with Gasteiger partial charge in [0.1, 0.15) is 6.61 Å². The van der Waals surface area contributed by atoms with E-state index in [0.717, 1.165) is 0 Å². The molecule has 2 aromatic rings. The quantitative estimate of drug-likeness (QED) is 0.526. The fraction of sp³-hybridized carbons (Fsp3) is 0.250. The first kappa shape index (κ1) is 12.4. The molecule has 1 aromatic heterocycles. The van der Waals surface area contributed by atoms with Crippen molar-refractivity contribution in [2.24, 2.45) is 0 Å². The monoisotopic (exact) mass is 315 g/mol. The molecule has 0 aliphatic carbocycles. The highest BCUT2D eigenvalue weighted by molar-refractivity contribution is 5.78. The van der Waals surface area contributed by atoms with Crippen molar-refractivity contribution in [3.8, 4) is 0 Å². The van der Waals surface area contributed by atoms with E-state index in [0.29, 0.717) is 6.54 Å². The van der Waals surface area contributed by atoms with Gasteiger partial charge in [-0.1, -0.05) is 12.1 Å². The molecule has 0 unspecified atom stereocenters. The largest absolute Gasteiger partial charge is 1.00 e. The topological polar surface area (TPSA) is 24.1 Å². The first-order valence-electron chi connectivity index (χ1n) is 4.81. The van der Waals surface area contributed by atoms with E-state index in [1.807, 2.05) is 18.3 Å². The van der Waals surface area contributed by atoms with Gasteiger partial charge in [-0.15, -0.1) is 0 Å². The van der Waals surface area contributed by atoms with Gasteiger partial charge in [0.25, 0.3) is 0 Å². The Morgan fingerprint density at radius 3 is 2.67 bits per heavy atom. The van der Waals surface area contributed by atoms with Crippen molar-refractivity contribution in [2.45, 2.75) is 13.5 Å². The normalized spacial score (nSPS) is 10.0. The van der Waals surface area contributed by atoms with Crippen molar-refractivity contribution >= 4 is 10.9 Å². The van der Waals surface area contributed by atoms with Crippen LogP contribution >= 0.6 is 0 Å². The average molecular weight is 315 g/mol. The van der Waals surface area contributed by atoms with Gasteiger partial charge in [-0.05, 0) is 18.6 Å². The molecule has 1 aromatic carbocycles. The minimum Gasteiger partial charge on any atom is -1.00 e. The number of aryl methyl sites for hydroxylation is 1. The van der Waals surface area contributed by atoms with Gasteiger partial charge in [-0.3, -0.25) is 0 Å². The Balaban J connectivity index is 0.00000112. The lowest BCUT2D eigenvalue weighted by atomic mass is 10.1. The summed E-state index contributed by atoms with van der Waals surface area (Å²) in [5.41, 5.74) is 2.45. The number of hydrogen-bond donors (Lipinski definition) is 1. The highest BCUT2D eigenvalue weighted by atomic mass is 127. The molecule has 0 amide bonds. The fourth-order valence-corrected chi connectivity index (χ4v) is 1.73. The zero-order chi connectivity index (χ0) is 9.97. The first-order valence-corrected chi connectivity index (χ1v) is 4.81. The number of hydrogen-bond acceptors (Lipinski definition) is 1. The zero-order valence-corrected chi connectivity index (χ0v) is 10.8. The third kappa shape index (κ3) is 2.46. The average Bonchev–Trinajstić information content (AvgIpc) is 2.23. The van der Waals surface area contributed by atoms with Crippen LogP contribution < -0.4 is 28.5 Å². The molecular weight excluding hydrogens is 301 g/mol. The van der Waals surface area contributed by atoms with Crippen molar-refractivity contribution in [3.63, 3.8) is 0 Å². The molecule has 2 rings (SSSR count). The number of rotatable bonds is 2. The second-order valence-electron chi connectivity index (χ2n) is 3.43. The summed E-state index contributed by atoms with van der Waals surface area (Å²) in [5.74, 6) is 0. The number of aromatic nitrogens is 1. The van der Waals surface area contributed by atoms with Crippen LogP contribution in [-0.4, -0.2) is 11.7 Å². The Labute approximate surface area is 107 Å². The number of fused-ring (bicyclic) bond motifs is 1. The number of pyridine rings is 1. The number of halogens is 1. The molecule has 1 heterocycles. The molecule has 80 valence electrons. The van der Waals surface area contributed by atoms with E-state index in [2.05, 4.69) is 29.7 Å². The van der Waals surface area contributed by atoms with Crippen molar-refractivity contribution in [1.82, 2.24) is 0 Å². The predicted molar refractivity (Wildman–Crippen MR) is 56.0 cm³/mol. The van der Waals surface area contributed by atoms with Gasteiger partial charge < -0.3 is 29.1 Å². The van der Waals surface area contributed by atoms with Crippen LogP contribution in [0.3, 0.4) is 0 Å². The molecule has 0 radical (unpaired) electrons. The van der Waals surface area contributed by atoms with Crippen LogP contribution in [-0.2, 0) is 6.54 Å². The summed E-state index contributed by atoms with van der Waals surface area (Å²) < 4.78 is 2.07. The zero-order valence-electron chi connectivity index (χ0n) is 8.65. The van der Waals surface area contributed by atoms with E-state index in [9.17, 15) is 0 Å². The number of nitrogens with zero attached hydrogens (tertiary/aromatic N) is 1. The van der Waals surface area contributed by atoms with E-state index >= 15 is 0 Å². The molecule has 0 aliphatic rings. The third-order valence-electron chi connectivity index (χ3n) is 2.48. The second-order valence-corrected chi connectivity index (χ2v) is 3.43. The Bertz CT molecular complexity index is 456. The summed E-state index contributed by atoms with van der Waals surface area (Å²) >= 11 is 0. The molecule has 0 fully saturated rings. The predicted octanol–water partition coefficient (Wildman–Crippen LogP) is -1.57. The second kappa shape index (κ2) is 5.42. The van der Waals surface area contributed by atoms with Crippen LogP contribution in [0.4, 0.5) is 0 Å². The van der Waals surface area contributed by atoms with E-state index in [1.54, 1.807) is 0 Å². The molecule has 0 bridgehead atoms. The van der Waals surface area contributed by atoms with Gasteiger partial charge in [0.05, 0.1) is 0 Å². The van der Waals surface area contributed by atoms with Crippen molar-refractivity contribution in [1.29, 1.82) is 0 Å². The van der Waals surface area contributed by atoms with Crippen LogP contribution in [0.15, 0.2) is 36.5 Å². The van der Waals surface area contributed by atoms with E-state index in [-0.39, 0.29) is 30.6 Å². The van der Waals surface area contributed by atoms with Gasteiger partial charge in [-0.2, -0.15) is 4.57 Å². The maximum absolute atomic E-state index is 8.93. The third-order valence-corrected chi connectivity index (χ3v) is 2.48. The highest BCUT2D eigenvalue weighted by Crippen LogP contribution is 2.13. The highest BCUT2D eigenvalue weighted by Gasteiger charge is 2.08. The fourth-order valence-electron chi connectivity index (χ4n) is 1.73. The van der Waals surface area contributed by atoms with E-state index < -0.39 is 0 Å². The minimum atomic E-state index is 0. The molecule has 0 atom stereocenters. The smallest absolute Gasteiger partial charge is 0.212 e. The molecule has 15 heavy (non-hydrogen) atoms. The van der Waals surface area contributed by atoms with Gasteiger partial charge >= 0.3 is 0 Å². The van der Waals surface area contributed by atoms with Crippen LogP contribution in [0.1, 0.15) is 5.56 Å². The molecule has 0 spiro atoms. The Morgan fingerprint density at radius 1 is 1.20 bits per heavy atom. The molecule has 0 saturated heterocycles. The summed E-state index contributed by atoms with van der Waals surface area (Å²) in [6.45, 7) is 2.93. The maximum atomic E-state index is 8.93. The molecule has 0 aliphatic heterocycles. The number of aliphatic hydroxyl groups excluding tert-OH is 1. The van der Waals surface area contributed by atoms with Crippen molar-refractivity contribution < 1.29 is 33.7 Å².